The van der Waals surface area contributed by atoms with E-state index in [2.05, 4.69) is 123 Å². The van der Waals surface area contributed by atoms with Crippen LogP contribution < -0.4 is 0 Å². The van der Waals surface area contributed by atoms with Crippen LogP contribution in [0.5, 0.6) is 0 Å². The van der Waals surface area contributed by atoms with Gasteiger partial charge in [0.25, 0.3) is 0 Å². The normalized spacial score (nSPS) is 13.6. The Morgan fingerprint density at radius 2 is 0.846 bits per heavy atom. The summed E-state index contributed by atoms with van der Waals surface area (Å²) >= 11 is 0. The van der Waals surface area contributed by atoms with E-state index in [-0.39, 0.29) is 11.8 Å². The van der Waals surface area contributed by atoms with Gasteiger partial charge in [-0.2, -0.15) is 0 Å². The van der Waals surface area contributed by atoms with Gasteiger partial charge in [-0.15, -0.1) is 22.9 Å². The van der Waals surface area contributed by atoms with Crippen molar-refractivity contribution in [3.05, 3.63) is 71.8 Å². The molecule has 0 bridgehead atoms. The molecule has 0 aromatic heterocycles. The molecule has 2 unspecified atom stereocenters. The quantitative estimate of drug-likeness (QED) is 0.436. The molecule has 0 aliphatic carbocycles. The molecule has 2 aromatic rings. The van der Waals surface area contributed by atoms with E-state index in [9.17, 15) is 0 Å². The summed E-state index contributed by atoms with van der Waals surface area (Å²) < 4.78 is 0. The van der Waals surface area contributed by atoms with Crippen LogP contribution in [-0.4, -0.2) is 16.1 Å². The maximum atomic E-state index is 3.64. The Morgan fingerprint density at radius 3 is 1.12 bits per heavy atom. The minimum atomic E-state index is -1.46. The second-order valence-corrected chi connectivity index (χ2v) is 18.3. The van der Waals surface area contributed by atoms with Gasteiger partial charge in [-0.05, 0) is 11.1 Å². The van der Waals surface area contributed by atoms with Gasteiger partial charge >= 0.3 is 0 Å². The van der Waals surface area contributed by atoms with Crippen LogP contribution in [0, 0.1) is 22.9 Å². The van der Waals surface area contributed by atoms with Gasteiger partial charge in [-0.1, -0.05) is 99.9 Å². The highest BCUT2D eigenvalue weighted by Crippen LogP contribution is 2.32. The standard InChI is InChI=1S/C24H30Si2/c1-25(2,3)19-17-23(21-13-9-7-10-14-21)24(18-20-26(4,5)6)22-15-11-8-12-16-22/h7-16,23-24H,1-6H3. The van der Waals surface area contributed by atoms with E-state index in [0.717, 1.165) is 0 Å². The Balaban J connectivity index is 2.60. The zero-order valence-corrected chi connectivity index (χ0v) is 18.9. The highest BCUT2D eigenvalue weighted by atomic mass is 28.3. The van der Waals surface area contributed by atoms with Crippen molar-refractivity contribution in [2.24, 2.45) is 0 Å². The largest absolute Gasteiger partial charge is 0.131 e. The molecule has 2 heteroatoms. The molecule has 0 saturated heterocycles. The molecule has 0 aliphatic rings. The molecule has 0 spiro atoms. The average Bonchev–Trinajstić information content (AvgIpc) is 2.57. The van der Waals surface area contributed by atoms with Crippen molar-refractivity contribution < 1.29 is 0 Å². The summed E-state index contributed by atoms with van der Waals surface area (Å²) in [6, 6.07) is 21.3. The highest BCUT2D eigenvalue weighted by Gasteiger charge is 2.23. The monoisotopic (exact) mass is 374 g/mol. The second-order valence-electron chi connectivity index (χ2n) is 8.82. The Morgan fingerprint density at radius 1 is 0.538 bits per heavy atom. The first-order valence-corrected chi connectivity index (χ1v) is 16.3. The lowest BCUT2D eigenvalue weighted by atomic mass is 9.82. The SMILES string of the molecule is C[Si](C)(C)C#CC(c1ccccc1)C(C#C[Si](C)(C)C)c1ccccc1. The number of hydrogen-bond acceptors (Lipinski definition) is 0. The fourth-order valence-corrected chi connectivity index (χ4v) is 3.80. The summed E-state index contributed by atoms with van der Waals surface area (Å²) in [5, 5.41) is 0. The lowest BCUT2D eigenvalue weighted by Gasteiger charge is -2.21. The summed E-state index contributed by atoms with van der Waals surface area (Å²) in [6.45, 7) is 13.8. The van der Waals surface area contributed by atoms with Gasteiger partial charge in [0.1, 0.15) is 16.1 Å². The third kappa shape index (κ3) is 6.72. The molecule has 0 heterocycles. The molecule has 26 heavy (non-hydrogen) atoms. The van der Waals surface area contributed by atoms with Crippen molar-refractivity contribution in [3.63, 3.8) is 0 Å². The number of rotatable bonds is 3. The van der Waals surface area contributed by atoms with E-state index in [1.165, 1.54) is 11.1 Å². The summed E-state index contributed by atoms with van der Waals surface area (Å²) in [5.74, 6) is 7.48. The Labute approximate surface area is 162 Å². The molecule has 2 aromatic carbocycles. The lowest BCUT2D eigenvalue weighted by molar-refractivity contribution is 0.781. The summed E-state index contributed by atoms with van der Waals surface area (Å²) in [5.41, 5.74) is 9.72. The molecule has 0 saturated carbocycles. The Kier molecular flexibility index (Phi) is 6.71. The van der Waals surface area contributed by atoms with Gasteiger partial charge in [-0.25, -0.2) is 0 Å². The van der Waals surface area contributed by atoms with Crippen molar-refractivity contribution in [2.75, 3.05) is 0 Å². The maximum absolute atomic E-state index is 3.64. The summed E-state index contributed by atoms with van der Waals surface area (Å²) in [7, 11) is -2.92. The first kappa shape index (κ1) is 20.3. The third-order valence-corrected chi connectivity index (χ3v) is 5.64. The van der Waals surface area contributed by atoms with E-state index in [0.29, 0.717) is 0 Å². The molecular weight excluding hydrogens is 344 g/mol. The van der Waals surface area contributed by atoms with Crippen LogP contribution in [0.4, 0.5) is 0 Å². The van der Waals surface area contributed by atoms with Crippen molar-refractivity contribution in [3.8, 4) is 22.9 Å². The summed E-state index contributed by atoms with van der Waals surface area (Å²) in [6.07, 6.45) is 0. The summed E-state index contributed by atoms with van der Waals surface area (Å²) in [4.78, 5) is 0. The maximum Gasteiger partial charge on any atom is 0.129 e. The van der Waals surface area contributed by atoms with Gasteiger partial charge in [-0.3, -0.25) is 0 Å². The predicted molar refractivity (Wildman–Crippen MR) is 121 cm³/mol. The Bertz CT molecular complexity index is 743. The number of hydrogen-bond donors (Lipinski definition) is 0. The van der Waals surface area contributed by atoms with Crippen LogP contribution in [0.15, 0.2) is 60.7 Å². The fourth-order valence-electron chi connectivity index (χ4n) is 2.63. The Hall–Kier alpha value is -2.01. The smallest absolute Gasteiger partial charge is 0.129 e. The van der Waals surface area contributed by atoms with Gasteiger partial charge in [0, 0.05) is 0 Å². The zero-order valence-electron chi connectivity index (χ0n) is 16.9. The van der Waals surface area contributed by atoms with E-state index in [1.807, 2.05) is 0 Å². The van der Waals surface area contributed by atoms with Crippen molar-refractivity contribution >= 4 is 16.1 Å². The third-order valence-electron chi connectivity index (χ3n) is 3.86. The van der Waals surface area contributed by atoms with Crippen LogP contribution in [-0.2, 0) is 0 Å². The minimum absolute atomic E-state index is 0.106. The van der Waals surface area contributed by atoms with Gasteiger partial charge in [0.05, 0.1) is 11.8 Å². The molecule has 0 fully saturated rings. The van der Waals surface area contributed by atoms with Crippen molar-refractivity contribution in [2.45, 2.75) is 51.1 Å². The second kappa shape index (κ2) is 8.59. The minimum Gasteiger partial charge on any atom is -0.131 e. The van der Waals surface area contributed by atoms with Crippen LogP contribution in [0.3, 0.4) is 0 Å². The average molecular weight is 375 g/mol. The molecule has 0 radical (unpaired) electrons. The van der Waals surface area contributed by atoms with E-state index >= 15 is 0 Å². The molecule has 0 nitrogen and oxygen atoms in total. The van der Waals surface area contributed by atoms with Crippen LogP contribution in [0.2, 0.25) is 39.3 Å². The topological polar surface area (TPSA) is 0 Å². The molecule has 134 valence electrons. The van der Waals surface area contributed by atoms with Crippen molar-refractivity contribution in [1.29, 1.82) is 0 Å². The zero-order chi connectivity index (χ0) is 19.2. The molecule has 0 aliphatic heterocycles. The van der Waals surface area contributed by atoms with Gasteiger partial charge in [0.15, 0.2) is 0 Å². The van der Waals surface area contributed by atoms with Gasteiger partial charge in [0.2, 0.25) is 0 Å². The van der Waals surface area contributed by atoms with E-state index in [1.54, 1.807) is 0 Å². The molecule has 0 amide bonds. The first-order chi connectivity index (χ1) is 12.2. The molecule has 2 atom stereocenters. The van der Waals surface area contributed by atoms with Crippen LogP contribution in [0.25, 0.3) is 0 Å². The van der Waals surface area contributed by atoms with Crippen LogP contribution in [0.1, 0.15) is 23.0 Å². The van der Waals surface area contributed by atoms with Crippen LogP contribution >= 0.6 is 0 Å². The van der Waals surface area contributed by atoms with E-state index < -0.39 is 16.1 Å². The lowest BCUT2D eigenvalue weighted by Crippen LogP contribution is -2.19. The van der Waals surface area contributed by atoms with Gasteiger partial charge < -0.3 is 0 Å². The molecule has 2 rings (SSSR count). The highest BCUT2D eigenvalue weighted by molar-refractivity contribution is 6.84. The molecule has 0 N–H and O–H groups in total. The molecular formula is C24H30Si2. The first-order valence-electron chi connectivity index (χ1n) is 9.31. The number of benzene rings is 2. The van der Waals surface area contributed by atoms with Crippen molar-refractivity contribution in [1.82, 2.24) is 0 Å². The van der Waals surface area contributed by atoms with E-state index in [4.69, 9.17) is 0 Å². The predicted octanol–water partition coefficient (Wildman–Crippen LogP) is 6.32. The fraction of sp³-hybridized carbons (Fsp3) is 0.333.